The minimum Gasteiger partial charge on any atom is -0.338 e. The van der Waals surface area contributed by atoms with Crippen molar-refractivity contribution in [3.63, 3.8) is 0 Å². The summed E-state index contributed by atoms with van der Waals surface area (Å²) < 4.78 is 12.7. The summed E-state index contributed by atoms with van der Waals surface area (Å²) in [5.74, 6) is 2.75. The smallest absolute Gasteiger partial charge is 0.225 e. The summed E-state index contributed by atoms with van der Waals surface area (Å²) in [5, 5.41) is 0. The Labute approximate surface area is 104 Å². The van der Waals surface area contributed by atoms with Gasteiger partial charge in [0.1, 0.15) is 0 Å². The molecule has 0 N–H and O–H groups in total. The van der Waals surface area contributed by atoms with E-state index in [9.17, 15) is 4.39 Å². The Bertz CT molecular complexity index is 374. The second-order valence-corrected chi connectivity index (χ2v) is 5.63. The number of nitrogens with zero attached hydrogens (tertiary/aromatic N) is 4. The van der Waals surface area contributed by atoms with Gasteiger partial charge in [-0.3, -0.25) is 4.90 Å². The number of hydrogen-bond acceptors (Lipinski definition) is 5. The molecule has 0 unspecified atom stereocenters. The third-order valence-electron chi connectivity index (χ3n) is 3.31. The maximum absolute atomic E-state index is 12.7. The number of thioether (sulfide) groups is 1. The molecule has 3 rings (SSSR count). The zero-order valence-electron chi connectivity index (χ0n) is 9.55. The lowest BCUT2D eigenvalue weighted by Crippen LogP contribution is -2.61. The molecule has 2 fully saturated rings. The van der Waals surface area contributed by atoms with E-state index < -0.39 is 0 Å². The van der Waals surface area contributed by atoms with E-state index in [2.05, 4.69) is 19.8 Å². The SMILES string of the molecule is Fc1cnc(N2CC(N3CCSCC3)C2)nc1. The summed E-state index contributed by atoms with van der Waals surface area (Å²) in [5.41, 5.74) is 0. The highest BCUT2D eigenvalue weighted by Gasteiger charge is 2.33. The average Bonchev–Trinajstić information content (AvgIpc) is 2.31. The van der Waals surface area contributed by atoms with Crippen LogP contribution in [0.3, 0.4) is 0 Å². The molecule has 0 aromatic carbocycles. The van der Waals surface area contributed by atoms with Crippen LogP contribution >= 0.6 is 11.8 Å². The molecule has 0 bridgehead atoms. The fourth-order valence-electron chi connectivity index (χ4n) is 2.26. The van der Waals surface area contributed by atoms with Gasteiger partial charge in [0.05, 0.1) is 12.4 Å². The van der Waals surface area contributed by atoms with Crippen LogP contribution in [0.5, 0.6) is 0 Å². The van der Waals surface area contributed by atoms with Gasteiger partial charge in [-0.25, -0.2) is 14.4 Å². The van der Waals surface area contributed by atoms with E-state index in [-0.39, 0.29) is 5.82 Å². The van der Waals surface area contributed by atoms with Crippen LogP contribution in [-0.2, 0) is 0 Å². The van der Waals surface area contributed by atoms with Crippen LogP contribution in [0.4, 0.5) is 10.3 Å². The molecule has 0 radical (unpaired) electrons. The molecule has 1 aromatic heterocycles. The van der Waals surface area contributed by atoms with Gasteiger partial charge in [-0.15, -0.1) is 0 Å². The van der Waals surface area contributed by atoms with Gasteiger partial charge in [-0.2, -0.15) is 11.8 Å². The van der Waals surface area contributed by atoms with Gasteiger partial charge in [-0.1, -0.05) is 0 Å². The van der Waals surface area contributed by atoms with Crippen molar-refractivity contribution in [3.05, 3.63) is 18.2 Å². The Morgan fingerprint density at radius 3 is 2.47 bits per heavy atom. The number of halogens is 1. The molecule has 2 aliphatic rings. The van der Waals surface area contributed by atoms with Crippen molar-refractivity contribution in [1.29, 1.82) is 0 Å². The van der Waals surface area contributed by atoms with Crippen LogP contribution in [0.2, 0.25) is 0 Å². The quantitative estimate of drug-likeness (QED) is 0.781. The van der Waals surface area contributed by atoms with Crippen LogP contribution in [0.1, 0.15) is 0 Å². The predicted molar refractivity (Wildman–Crippen MR) is 66.9 cm³/mol. The molecule has 4 nitrogen and oxygen atoms in total. The molecule has 0 spiro atoms. The van der Waals surface area contributed by atoms with E-state index in [1.165, 1.54) is 37.0 Å². The Kier molecular flexibility index (Phi) is 3.15. The molecule has 3 heterocycles. The molecule has 2 saturated heterocycles. The molecule has 6 heteroatoms. The minimum atomic E-state index is -0.376. The largest absolute Gasteiger partial charge is 0.338 e. The van der Waals surface area contributed by atoms with E-state index in [0.29, 0.717) is 12.0 Å². The Morgan fingerprint density at radius 2 is 1.82 bits per heavy atom. The Morgan fingerprint density at radius 1 is 1.18 bits per heavy atom. The van der Waals surface area contributed by atoms with Gasteiger partial charge >= 0.3 is 0 Å². The molecule has 92 valence electrons. The first-order valence-electron chi connectivity index (χ1n) is 5.87. The maximum atomic E-state index is 12.7. The minimum absolute atomic E-state index is 0.376. The van der Waals surface area contributed by atoms with Crippen molar-refractivity contribution in [2.24, 2.45) is 0 Å². The number of anilines is 1. The normalized spacial score (nSPS) is 22.5. The van der Waals surface area contributed by atoms with Crippen molar-refractivity contribution < 1.29 is 4.39 Å². The Hall–Kier alpha value is -0.880. The van der Waals surface area contributed by atoms with Crippen molar-refractivity contribution in [2.45, 2.75) is 6.04 Å². The standard InChI is InChI=1S/C11H15FN4S/c12-9-5-13-11(14-6-9)16-7-10(8-16)15-1-3-17-4-2-15/h5-6,10H,1-4,7-8H2. The van der Waals surface area contributed by atoms with Crippen molar-refractivity contribution in [3.8, 4) is 0 Å². The highest BCUT2D eigenvalue weighted by Crippen LogP contribution is 2.22. The summed E-state index contributed by atoms with van der Waals surface area (Å²) in [6.45, 7) is 4.31. The average molecular weight is 254 g/mol. The van der Waals surface area contributed by atoms with E-state index in [1.807, 2.05) is 11.8 Å². The van der Waals surface area contributed by atoms with Crippen LogP contribution in [0, 0.1) is 5.82 Å². The molecular formula is C11H15FN4S. The van der Waals surface area contributed by atoms with E-state index in [4.69, 9.17) is 0 Å². The van der Waals surface area contributed by atoms with E-state index in [0.717, 1.165) is 13.1 Å². The van der Waals surface area contributed by atoms with Crippen molar-refractivity contribution in [1.82, 2.24) is 14.9 Å². The first kappa shape index (κ1) is 11.2. The van der Waals surface area contributed by atoms with Gasteiger partial charge in [0.2, 0.25) is 5.95 Å². The van der Waals surface area contributed by atoms with Gasteiger partial charge in [0.25, 0.3) is 0 Å². The van der Waals surface area contributed by atoms with Crippen molar-refractivity contribution >= 4 is 17.7 Å². The van der Waals surface area contributed by atoms with Crippen molar-refractivity contribution in [2.75, 3.05) is 42.6 Å². The van der Waals surface area contributed by atoms with Gasteiger partial charge < -0.3 is 4.90 Å². The van der Waals surface area contributed by atoms with Gasteiger partial charge in [0.15, 0.2) is 5.82 Å². The highest BCUT2D eigenvalue weighted by molar-refractivity contribution is 7.99. The van der Waals surface area contributed by atoms with Crippen LogP contribution in [-0.4, -0.2) is 58.6 Å². The molecule has 2 aliphatic heterocycles. The second-order valence-electron chi connectivity index (χ2n) is 4.41. The summed E-state index contributed by atoms with van der Waals surface area (Å²) in [7, 11) is 0. The van der Waals surface area contributed by atoms with Gasteiger partial charge in [-0.05, 0) is 0 Å². The lowest BCUT2D eigenvalue weighted by Gasteiger charge is -2.46. The summed E-state index contributed by atoms with van der Waals surface area (Å²) in [6, 6.07) is 0.629. The third kappa shape index (κ3) is 2.37. The number of aromatic nitrogens is 2. The number of rotatable bonds is 2. The molecule has 1 aromatic rings. The fraction of sp³-hybridized carbons (Fsp3) is 0.636. The topological polar surface area (TPSA) is 32.3 Å². The predicted octanol–water partition coefficient (Wildman–Crippen LogP) is 0.853. The molecule has 0 atom stereocenters. The zero-order valence-corrected chi connectivity index (χ0v) is 10.4. The van der Waals surface area contributed by atoms with Gasteiger partial charge in [0, 0.05) is 43.7 Å². The molecule has 17 heavy (non-hydrogen) atoms. The van der Waals surface area contributed by atoms with E-state index >= 15 is 0 Å². The second kappa shape index (κ2) is 4.78. The number of hydrogen-bond donors (Lipinski definition) is 0. The van der Waals surface area contributed by atoms with Crippen LogP contribution in [0.25, 0.3) is 0 Å². The molecule has 0 saturated carbocycles. The van der Waals surface area contributed by atoms with E-state index in [1.54, 1.807) is 0 Å². The van der Waals surface area contributed by atoms with Crippen LogP contribution < -0.4 is 4.90 Å². The fourth-order valence-corrected chi connectivity index (χ4v) is 3.19. The lowest BCUT2D eigenvalue weighted by molar-refractivity contribution is 0.181. The molecule has 0 aliphatic carbocycles. The van der Waals surface area contributed by atoms with Crippen LogP contribution in [0.15, 0.2) is 12.4 Å². The summed E-state index contributed by atoms with van der Waals surface area (Å²) in [4.78, 5) is 12.6. The summed E-state index contributed by atoms with van der Waals surface area (Å²) in [6.07, 6.45) is 2.46. The first-order chi connectivity index (χ1) is 8.33. The third-order valence-corrected chi connectivity index (χ3v) is 4.26. The summed E-state index contributed by atoms with van der Waals surface area (Å²) >= 11 is 2.03. The maximum Gasteiger partial charge on any atom is 0.225 e. The highest BCUT2D eigenvalue weighted by atomic mass is 32.2. The lowest BCUT2D eigenvalue weighted by atomic mass is 10.1. The monoisotopic (exact) mass is 254 g/mol. The molecular weight excluding hydrogens is 239 g/mol. The zero-order chi connectivity index (χ0) is 11.7. The first-order valence-corrected chi connectivity index (χ1v) is 7.03. The Balaban J connectivity index is 1.55. The molecule has 0 amide bonds.